The van der Waals surface area contributed by atoms with Gasteiger partial charge >= 0.3 is 0 Å². The van der Waals surface area contributed by atoms with Crippen LogP contribution in [0.1, 0.15) is 23.0 Å². The van der Waals surface area contributed by atoms with E-state index >= 15 is 0 Å². The zero-order valence-electron chi connectivity index (χ0n) is 10.8. The number of ketones is 3. The summed E-state index contributed by atoms with van der Waals surface area (Å²) in [5.74, 6) is -0.962. The first kappa shape index (κ1) is 14.1. The van der Waals surface area contributed by atoms with Gasteiger partial charge in [-0.05, 0) is 24.3 Å². The number of Topliss-reactive ketones (excluding diaryl/α,β-unsaturated/α-hetero) is 3. The first-order valence-electron chi connectivity index (χ1n) is 5.96. The SMILES string of the molecule is CC(=O)C(=O)CC(=O)c1ccc(Oc2ccccc2)s1. The van der Waals surface area contributed by atoms with E-state index in [1.54, 1.807) is 24.3 Å². The van der Waals surface area contributed by atoms with Crippen molar-refractivity contribution >= 4 is 28.7 Å². The van der Waals surface area contributed by atoms with E-state index in [9.17, 15) is 14.4 Å². The Labute approximate surface area is 120 Å². The summed E-state index contributed by atoms with van der Waals surface area (Å²) in [4.78, 5) is 34.3. The largest absolute Gasteiger partial charge is 0.447 e. The molecule has 1 heterocycles. The molecule has 1 aromatic heterocycles. The van der Waals surface area contributed by atoms with Crippen molar-refractivity contribution in [3.05, 3.63) is 47.3 Å². The molecule has 2 aromatic rings. The molecule has 4 nitrogen and oxygen atoms in total. The Morgan fingerprint density at radius 1 is 1.05 bits per heavy atom. The molecule has 2 rings (SSSR count). The summed E-state index contributed by atoms with van der Waals surface area (Å²) in [6, 6.07) is 12.5. The number of carbonyl (C=O) groups excluding carboxylic acids is 3. The Morgan fingerprint density at radius 2 is 1.75 bits per heavy atom. The third-order valence-corrected chi connectivity index (χ3v) is 3.54. The fraction of sp³-hybridized carbons (Fsp3) is 0.133. The normalized spacial score (nSPS) is 10.1. The average molecular weight is 288 g/mol. The molecule has 0 aliphatic carbocycles. The lowest BCUT2D eigenvalue weighted by Crippen LogP contribution is -2.14. The second kappa shape index (κ2) is 6.25. The molecular weight excluding hydrogens is 276 g/mol. The smallest absolute Gasteiger partial charge is 0.205 e. The maximum atomic E-state index is 11.8. The van der Waals surface area contributed by atoms with Crippen LogP contribution in [0.3, 0.4) is 0 Å². The fourth-order valence-corrected chi connectivity index (χ4v) is 2.30. The molecular formula is C15H12O4S. The Morgan fingerprint density at radius 3 is 2.40 bits per heavy atom. The van der Waals surface area contributed by atoms with E-state index in [1.165, 1.54) is 0 Å². The number of rotatable bonds is 6. The van der Waals surface area contributed by atoms with Crippen LogP contribution < -0.4 is 4.74 Å². The van der Waals surface area contributed by atoms with Gasteiger partial charge in [-0.1, -0.05) is 29.5 Å². The van der Waals surface area contributed by atoms with Crippen molar-refractivity contribution in [1.29, 1.82) is 0 Å². The molecule has 0 N–H and O–H groups in total. The van der Waals surface area contributed by atoms with Crippen LogP contribution in [0, 0.1) is 0 Å². The quantitative estimate of drug-likeness (QED) is 0.465. The maximum absolute atomic E-state index is 11.8. The van der Waals surface area contributed by atoms with E-state index in [-0.39, 0.29) is 12.2 Å². The van der Waals surface area contributed by atoms with Gasteiger partial charge in [0.2, 0.25) is 5.78 Å². The summed E-state index contributed by atoms with van der Waals surface area (Å²) in [6.45, 7) is 1.16. The number of para-hydroxylation sites is 1. The Kier molecular flexibility index (Phi) is 4.42. The van der Waals surface area contributed by atoms with Crippen molar-refractivity contribution in [1.82, 2.24) is 0 Å². The number of hydrogen-bond acceptors (Lipinski definition) is 5. The lowest BCUT2D eigenvalue weighted by Gasteiger charge is -2.00. The van der Waals surface area contributed by atoms with Crippen LogP contribution in [0.15, 0.2) is 42.5 Å². The Hall–Kier alpha value is -2.27. The van der Waals surface area contributed by atoms with Crippen LogP contribution in [0.25, 0.3) is 0 Å². The van der Waals surface area contributed by atoms with E-state index in [4.69, 9.17) is 4.74 Å². The standard InChI is InChI=1S/C15H12O4S/c1-10(16)12(17)9-13(18)14-7-8-15(20-14)19-11-5-3-2-4-6-11/h2-8H,9H2,1H3. The number of ether oxygens (including phenoxy) is 1. The minimum Gasteiger partial charge on any atom is -0.447 e. The first-order valence-corrected chi connectivity index (χ1v) is 6.77. The molecule has 0 saturated heterocycles. The molecule has 0 aliphatic heterocycles. The second-order valence-electron chi connectivity index (χ2n) is 4.11. The third-order valence-electron chi connectivity index (χ3n) is 2.53. The van der Waals surface area contributed by atoms with E-state index < -0.39 is 11.6 Å². The molecule has 0 amide bonds. The number of benzene rings is 1. The van der Waals surface area contributed by atoms with Crippen molar-refractivity contribution in [2.75, 3.05) is 0 Å². The van der Waals surface area contributed by atoms with Gasteiger partial charge in [0, 0.05) is 6.92 Å². The van der Waals surface area contributed by atoms with Crippen molar-refractivity contribution < 1.29 is 19.1 Å². The Bertz CT molecular complexity index is 643. The average Bonchev–Trinajstić information content (AvgIpc) is 2.88. The van der Waals surface area contributed by atoms with Crippen LogP contribution in [0.4, 0.5) is 0 Å². The molecule has 0 aliphatic rings. The fourth-order valence-electron chi connectivity index (χ4n) is 1.49. The minimum absolute atomic E-state index is 0.363. The van der Waals surface area contributed by atoms with E-state index in [1.807, 2.05) is 18.2 Å². The van der Waals surface area contributed by atoms with Gasteiger partial charge in [-0.2, -0.15) is 0 Å². The van der Waals surface area contributed by atoms with Crippen LogP contribution >= 0.6 is 11.3 Å². The first-order chi connectivity index (χ1) is 9.56. The van der Waals surface area contributed by atoms with Gasteiger partial charge in [-0.25, -0.2) is 0 Å². The number of hydrogen-bond donors (Lipinski definition) is 0. The molecule has 0 atom stereocenters. The van der Waals surface area contributed by atoms with Gasteiger partial charge in [0.25, 0.3) is 0 Å². The van der Waals surface area contributed by atoms with E-state index in [2.05, 4.69) is 0 Å². The summed E-state index contributed by atoms with van der Waals surface area (Å²) in [5.41, 5.74) is 0. The van der Waals surface area contributed by atoms with Crippen molar-refractivity contribution in [3.63, 3.8) is 0 Å². The van der Waals surface area contributed by atoms with Crippen LogP contribution in [-0.4, -0.2) is 17.3 Å². The van der Waals surface area contributed by atoms with Gasteiger partial charge < -0.3 is 4.74 Å². The summed E-state index contributed by atoms with van der Waals surface area (Å²) in [6.07, 6.45) is -0.388. The zero-order valence-corrected chi connectivity index (χ0v) is 11.6. The number of thiophene rings is 1. The van der Waals surface area contributed by atoms with E-state index in [0.29, 0.717) is 15.7 Å². The van der Waals surface area contributed by atoms with Crippen LogP contribution in [-0.2, 0) is 9.59 Å². The Balaban J connectivity index is 2.04. The zero-order chi connectivity index (χ0) is 14.5. The van der Waals surface area contributed by atoms with E-state index in [0.717, 1.165) is 18.3 Å². The third kappa shape index (κ3) is 3.61. The highest BCUT2D eigenvalue weighted by molar-refractivity contribution is 7.15. The number of carbonyl (C=O) groups is 3. The molecule has 5 heteroatoms. The van der Waals surface area contributed by atoms with Gasteiger partial charge in [-0.3, -0.25) is 14.4 Å². The summed E-state index contributed by atoms with van der Waals surface area (Å²) in [7, 11) is 0. The molecule has 20 heavy (non-hydrogen) atoms. The lowest BCUT2D eigenvalue weighted by atomic mass is 10.1. The van der Waals surface area contributed by atoms with Crippen molar-refractivity contribution in [2.24, 2.45) is 0 Å². The van der Waals surface area contributed by atoms with Crippen LogP contribution in [0.5, 0.6) is 10.8 Å². The predicted octanol–water partition coefficient (Wildman–Crippen LogP) is 3.27. The second-order valence-corrected chi connectivity index (χ2v) is 5.16. The van der Waals surface area contributed by atoms with Gasteiger partial charge in [0.05, 0.1) is 11.3 Å². The molecule has 0 unspecified atom stereocenters. The maximum Gasteiger partial charge on any atom is 0.205 e. The molecule has 1 aromatic carbocycles. The molecule has 0 bridgehead atoms. The molecule has 0 saturated carbocycles. The summed E-state index contributed by atoms with van der Waals surface area (Å²) >= 11 is 1.15. The highest BCUT2D eigenvalue weighted by Crippen LogP contribution is 2.29. The summed E-state index contributed by atoms with van der Waals surface area (Å²) in [5, 5.41) is 0.565. The predicted molar refractivity (Wildman–Crippen MR) is 75.5 cm³/mol. The summed E-state index contributed by atoms with van der Waals surface area (Å²) < 4.78 is 5.58. The highest BCUT2D eigenvalue weighted by Gasteiger charge is 2.17. The topological polar surface area (TPSA) is 60.4 Å². The molecule has 0 radical (unpaired) electrons. The van der Waals surface area contributed by atoms with Crippen LogP contribution in [0.2, 0.25) is 0 Å². The molecule has 102 valence electrons. The van der Waals surface area contributed by atoms with Gasteiger partial charge in [0.1, 0.15) is 5.75 Å². The van der Waals surface area contributed by atoms with Crippen molar-refractivity contribution in [2.45, 2.75) is 13.3 Å². The highest BCUT2D eigenvalue weighted by atomic mass is 32.1. The molecule has 0 spiro atoms. The monoisotopic (exact) mass is 288 g/mol. The lowest BCUT2D eigenvalue weighted by molar-refractivity contribution is -0.134. The van der Waals surface area contributed by atoms with Gasteiger partial charge in [-0.15, -0.1) is 0 Å². The molecule has 0 fully saturated rings. The van der Waals surface area contributed by atoms with Crippen molar-refractivity contribution in [3.8, 4) is 10.8 Å². The minimum atomic E-state index is -0.672. The van der Waals surface area contributed by atoms with Gasteiger partial charge in [0.15, 0.2) is 16.6 Å².